The molecule has 2 saturated heterocycles. The van der Waals surface area contributed by atoms with Crippen LogP contribution in [0.15, 0.2) is 11.1 Å². The first-order chi connectivity index (χ1) is 18.3. The fourth-order valence-corrected chi connectivity index (χ4v) is 9.86. The number of piperidine rings is 1. The molecule has 3 N–H and O–H groups in total. The van der Waals surface area contributed by atoms with Crippen LogP contribution < -0.4 is 10.5 Å². The van der Waals surface area contributed by atoms with Crippen LogP contribution in [0.3, 0.4) is 0 Å². The first-order valence-corrected chi connectivity index (χ1v) is 18.4. The molecule has 0 bridgehead atoms. The Labute approximate surface area is 243 Å². The molecule has 6 heteroatoms. The number of nitrogens with one attached hydrogen (secondary N) is 1. The van der Waals surface area contributed by atoms with E-state index < -0.39 is 10.0 Å². The average Bonchev–Trinajstić information content (AvgIpc) is 3.33. The minimum absolute atomic E-state index is 0. The molecule has 1 spiro atoms. The molecule has 6 rings (SSSR count). The maximum Gasteiger partial charge on any atom is 0.206 e. The Hall–Kier alpha value is -0.430. The number of ether oxygens (including phenoxy) is 1. The lowest BCUT2D eigenvalue weighted by molar-refractivity contribution is -0.0742. The predicted molar refractivity (Wildman–Crippen MR) is 167 cm³/mol. The molecule has 230 valence electrons. The molecular formula is C33H64N2O3S. The highest BCUT2D eigenvalue weighted by molar-refractivity contribution is 7.88. The molecule has 0 aromatic rings. The van der Waals surface area contributed by atoms with E-state index in [4.69, 9.17) is 4.74 Å². The molecule has 39 heavy (non-hydrogen) atoms. The lowest BCUT2D eigenvalue weighted by Gasteiger charge is -2.52. The molecule has 2 aliphatic heterocycles. The average molecular weight is 569 g/mol. The Morgan fingerprint density at radius 1 is 1.08 bits per heavy atom. The van der Waals surface area contributed by atoms with Gasteiger partial charge < -0.3 is 10.1 Å². The van der Waals surface area contributed by atoms with Gasteiger partial charge in [0.25, 0.3) is 0 Å². The number of hydrogen-bond acceptors (Lipinski definition) is 4. The lowest BCUT2D eigenvalue weighted by atomic mass is 9.52. The van der Waals surface area contributed by atoms with E-state index in [1.807, 2.05) is 5.57 Å². The number of hydrogen-bond donors (Lipinski definition) is 2. The van der Waals surface area contributed by atoms with Crippen molar-refractivity contribution in [3.8, 4) is 0 Å². The van der Waals surface area contributed by atoms with Crippen LogP contribution in [0.4, 0.5) is 0 Å². The number of allylic oxidation sites excluding steroid dienone is 1. The molecule has 0 amide bonds. The molecular weight excluding hydrogens is 504 g/mol. The van der Waals surface area contributed by atoms with E-state index in [-0.39, 0.29) is 8.45 Å². The number of primary sulfonamides is 1. The van der Waals surface area contributed by atoms with Gasteiger partial charge in [-0.1, -0.05) is 71.4 Å². The minimum Gasteiger partial charge on any atom is -0.369 e. The van der Waals surface area contributed by atoms with Gasteiger partial charge in [0.2, 0.25) is 10.0 Å². The van der Waals surface area contributed by atoms with Crippen molar-refractivity contribution in [2.75, 3.05) is 12.8 Å². The van der Waals surface area contributed by atoms with Crippen molar-refractivity contribution in [1.82, 2.24) is 5.32 Å². The molecule has 2 unspecified atom stereocenters. The number of fused-ring (bicyclic) bond motifs is 6. The standard InChI is InChI=1S/C28H45NO.C4H10.CH5NO2S.2H2/c1-17-13-25-26(29-16-17)19(3)28(30-25)12-10-21-22-9-8-20-7-5-6-11-27(20,4)24(22)14-23(21)18(2)15-28;1-3-4-2;1-5(2,3)4;;/h17,19-22,24-26,29H,5-16H2,1-4H3;3-4H2,1-2H3;1H3,(H2,2,3,4);2*1H/t17-,19+,20-,21?,22-,24?,25+,26-,27-,28-;;;;/m0..../s1. The second kappa shape index (κ2) is 12.4. The maximum absolute atomic E-state index is 9.41. The topological polar surface area (TPSA) is 81.4 Å². The van der Waals surface area contributed by atoms with Gasteiger partial charge in [0.05, 0.1) is 18.0 Å². The Balaban J connectivity index is 0.000000472. The summed E-state index contributed by atoms with van der Waals surface area (Å²) in [7, 11) is -3.17. The van der Waals surface area contributed by atoms with Gasteiger partial charge >= 0.3 is 0 Å². The summed E-state index contributed by atoms with van der Waals surface area (Å²) in [5, 5.41) is 8.20. The van der Waals surface area contributed by atoms with Gasteiger partial charge in [0.15, 0.2) is 0 Å². The summed E-state index contributed by atoms with van der Waals surface area (Å²) in [6.07, 6.45) is 19.7. The Morgan fingerprint density at radius 2 is 1.77 bits per heavy atom. The van der Waals surface area contributed by atoms with Crippen molar-refractivity contribution in [3.05, 3.63) is 11.1 Å². The first kappa shape index (κ1) is 31.5. The predicted octanol–water partition coefficient (Wildman–Crippen LogP) is 7.70. The van der Waals surface area contributed by atoms with E-state index in [0.717, 1.165) is 35.8 Å². The summed E-state index contributed by atoms with van der Waals surface area (Å²) in [5.41, 5.74) is 4.39. The number of sulfonamides is 1. The van der Waals surface area contributed by atoms with Crippen molar-refractivity contribution in [2.45, 2.75) is 143 Å². The molecule has 10 atom stereocenters. The van der Waals surface area contributed by atoms with Crippen LogP contribution in [0.2, 0.25) is 0 Å². The van der Waals surface area contributed by atoms with Crippen LogP contribution in [0, 0.1) is 40.9 Å². The van der Waals surface area contributed by atoms with Crippen LogP contribution in [0.1, 0.15) is 128 Å². The SMILES string of the molecule is CC1=C2CC3[C@@H](CC[C@@H]4CCCC[C@]34C)C2CC[C@@]2(C1)O[C@@H]1C[C@H](C)CN[C@H]1[C@H]2C.CCCC.CS(N)(=O)=O.[HH].[HH]. The number of rotatable bonds is 1. The van der Waals surface area contributed by atoms with Gasteiger partial charge in [0.1, 0.15) is 0 Å². The van der Waals surface area contributed by atoms with Gasteiger partial charge in [-0.2, -0.15) is 0 Å². The summed E-state index contributed by atoms with van der Waals surface area (Å²) >= 11 is 0. The number of nitrogens with two attached hydrogens (primary N) is 1. The van der Waals surface area contributed by atoms with Gasteiger partial charge in [-0.25, -0.2) is 13.6 Å². The van der Waals surface area contributed by atoms with E-state index in [9.17, 15) is 8.42 Å². The summed E-state index contributed by atoms with van der Waals surface area (Å²) in [4.78, 5) is 0. The van der Waals surface area contributed by atoms with E-state index in [2.05, 4.69) is 52.0 Å². The van der Waals surface area contributed by atoms with Crippen molar-refractivity contribution in [2.24, 2.45) is 46.1 Å². The maximum atomic E-state index is 9.41. The first-order valence-electron chi connectivity index (χ1n) is 16.4. The highest BCUT2D eigenvalue weighted by Crippen LogP contribution is 2.65. The molecule has 0 radical (unpaired) electrons. The van der Waals surface area contributed by atoms with Gasteiger partial charge in [-0.15, -0.1) is 0 Å². The minimum atomic E-state index is -3.17. The monoisotopic (exact) mass is 568 g/mol. The van der Waals surface area contributed by atoms with Crippen LogP contribution in [-0.2, 0) is 14.8 Å². The van der Waals surface area contributed by atoms with Crippen LogP contribution in [0.5, 0.6) is 0 Å². The van der Waals surface area contributed by atoms with Gasteiger partial charge in [-0.05, 0) is 106 Å². The summed E-state index contributed by atoms with van der Waals surface area (Å²) in [5.74, 6) is 5.25. The second-order valence-corrected chi connectivity index (χ2v) is 16.4. The zero-order valence-corrected chi connectivity index (χ0v) is 27.0. The van der Waals surface area contributed by atoms with Gasteiger partial charge in [-0.3, -0.25) is 0 Å². The molecule has 3 saturated carbocycles. The highest BCUT2D eigenvalue weighted by Gasteiger charge is 2.58. The molecule has 5 nitrogen and oxygen atoms in total. The zero-order valence-electron chi connectivity index (χ0n) is 26.2. The Kier molecular flexibility index (Phi) is 10.0. The highest BCUT2D eigenvalue weighted by atomic mass is 32.2. The normalized spacial score (nSPS) is 45.0. The summed E-state index contributed by atoms with van der Waals surface area (Å²) in [6.45, 7) is 15.6. The fraction of sp³-hybridized carbons (Fsp3) is 0.939. The molecule has 2 heterocycles. The summed E-state index contributed by atoms with van der Waals surface area (Å²) in [6, 6.07) is 0.585. The zero-order chi connectivity index (χ0) is 28.6. The largest absolute Gasteiger partial charge is 0.369 e. The molecule has 6 aliphatic rings. The quantitative estimate of drug-likeness (QED) is 0.318. The van der Waals surface area contributed by atoms with Gasteiger partial charge in [0, 0.05) is 14.8 Å². The third-order valence-corrected chi connectivity index (χ3v) is 12.1. The molecule has 5 fully saturated rings. The lowest BCUT2D eigenvalue weighted by Crippen LogP contribution is -2.48. The Bertz CT molecular complexity index is 981. The van der Waals surface area contributed by atoms with Crippen LogP contribution in [-0.4, -0.2) is 39.0 Å². The van der Waals surface area contributed by atoms with E-state index in [1.165, 1.54) is 90.0 Å². The van der Waals surface area contributed by atoms with Crippen LogP contribution >= 0.6 is 0 Å². The van der Waals surface area contributed by atoms with Crippen LogP contribution in [0.25, 0.3) is 0 Å². The third kappa shape index (κ3) is 6.65. The third-order valence-electron chi connectivity index (χ3n) is 12.1. The van der Waals surface area contributed by atoms with E-state index >= 15 is 0 Å². The molecule has 4 aliphatic carbocycles. The number of unbranched alkanes of at least 4 members (excludes halogenated alkanes) is 1. The smallest absolute Gasteiger partial charge is 0.206 e. The summed E-state index contributed by atoms with van der Waals surface area (Å²) < 4.78 is 25.9. The second-order valence-electron chi connectivity index (χ2n) is 14.7. The molecule has 0 aromatic carbocycles. The molecule has 0 aromatic heterocycles. The van der Waals surface area contributed by atoms with Crippen molar-refractivity contribution < 1.29 is 16.0 Å². The van der Waals surface area contributed by atoms with E-state index in [1.54, 1.807) is 5.57 Å². The van der Waals surface area contributed by atoms with E-state index in [0.29, 0.717) is 23.5 Å². The Morgan fingerprint density at radius 3 is 2.44 bits per heavy atom. The van der Waals surface area contributed by atoms with Crippen molar-refractivity contribution >= 4 is 10.0 Å². The van der Waals surface area contributed by atoms with Crippen molar-refractivity contribution in [3.63, 3.8) is 0 Å². The van der Waals surface area contributed by atoms with Crippen molar-refractivity contribution in [1.29, 1.82) is 0 Å². The fourth-order valence-electron chi connectivity index (χ4n) is 9.86.